The lowest BCUT2D eigenvalue weighted by Crippen LogP contribution is -2.61. The van der Waals surface area contributed by atoms with E-state index < -0.39 is 18.5 Å². The molecule has 2 atom stereocenters. The summed E-state index contributed by atoms with van der Waals surface area (Å²) in [6, 6.07) is -1.19. The van der Waals surface area contributed by atoms with Crippen LogP contribution in [0.1, 0.15) is 39.5 Å². The van der Waals surface area contributed by atoms with Crippen molar-refractivity contribution in [1.82, 2.24) is 20.0 Å². The topological polar surface area (TPSA) is 55.9 Å². The van der Waals surface area contributed by atoms with Crippen LogP contribution < -0.4 is 5.32 Å². The number of hydrogen-bond acceptors (Lipinski definition) is 4. The Hall–Kier alpha value is -1.28. The summed E-state index contributed by atoms with van der Waals surface area (Å²) < 4.78 is 29.1. The first-order valence-electron chi connectivity index (χ1n) is 10.5. The van der Waals surface area contributed by atoms with Crippen molar-refractivity contribution in [3.05, 3.63) is 0 Å². The van der Waals surface area contributed by atoms with Crippen LogP contribution in [0, 0.1) is 11.3 Å². The van der Waals surface area contributed by atoms with Crippen molar-refractivity contribution in [3.8, 4) is 0 Å². The number of likely N-dealkylation sites (tertiary alicyclic amines) is 3. The van der Waals surface area contributed by atoms with E-state index in [0.29, 0.717) is 11.8 Å². The van der Waals surface area contributed by atoms with Crippen molar-refractivity contribution >= 4 is 11.8 Å². The second-order valence-corrected chi connectivity index (χ2v) is 9.18. The Kier molecular flexibility index (Phi) is 6.29. The number of alkyl halides is 2. The van der Waals surface area contributed by atoms with Gasteiger partial charge in [0.05, 0.1) is 19.1 Å². The fourth-order valence-corrected chi connectivity index (χ4v) is 4.72. The summed E-state index contributed by atoms with van der Waals surface area (Å²) >= 11 is 0. The molecule has 3 aliphatic heterocycles. The second kappa shape index (κ2) is 8.22. The van der Waals surface area contributed by atoms with Gasteiger partial charge in [-0.15, -0.1) is 0 Å². The summed E-state index contributed by atoms with van der Waals surface area (Å²) in [5, 5.41) is 2.48. The van der Waals surface area contributed by atoms with E-state index in [1.165, 1.54) is 4.90 Å². The fraction of sp³-hybridized carbons (Fsp3) is 0.900. The quantitative estimate of drug-likeness (QED) is 0.758. The molecule has 3 fully saturated rings. The lowest BCUT2D eigenvalue weighted by atomic mass is 9.72. The highest BCUT2D eigenvalue weighted by Crippen LogP contribution is 2.39. The molecule has 3 saturated heterocycles. The Morgan fingerprint density at radius 3 is 2.32 bits per heavy atom. The van der Waals surface area contributed by atoms with Crippen LogP contribution in [0.15, 0.2) is 0 Å². The van der Waals surface area contributed by atoms with Gasteiger partial charge in [0.15, 0.2) is 0 Å². The average Bonchev–Trinajstić information content (AvgIpc) is 2.62. The Bertz CT molecular complexity index is 585. The van der Waals surface area contributed by atoms with Gasteiger partial charge in [-0.05, 0) is 51.2 Å². The van der Waals surface area contributed by atoms with Gasteiger partial charge < -0.3 is 15.1 Å². The zero-order valence-electron chi connectivity index (χ0n) is 17.3. The van der Waals surface area contributed by atoms with E-state index >= 15 is 0 Å². The maximum Gasteiger partial charge on any atom is 0.285 e. The Balaban J connectivity index is 1.46. The van der Waals surface area contributed by atoms with E-state index in [1.807, 2.05) is 6.92 Å². The molecular formula is C20H34F2N4O2. The summed E-state index contributed by atoms with van der Waals surface area (Å²) in [5.41, 5.74) is 0.410. The van der Waals surface area contributed by atoms with Crippen molar-refractivity contribution < 1.29 is 18.4 Å². The molecule has 3 rings (SSSR count). The molecule has 3 aliphatic rings. The third-order valence-corrected chi connectivity index (χ3v) is 6.81. The molecule has 28 heavy (non-hydrogen) atoms. The number of carbonyl (C=O) groups is 2. The van der Waals surface area contributed by atoms with E-state index in [0.717, 1.165) is 39.0 Å². The number of amides is 2. The van der Waals surface area contributed by atoms with E-state index in [-0.39, 0.29) is 37.2 Å². The van der Waals surface area contributed by atoms with Crippen LogP contribution >= 0.6 is 0 Å². The van der Waals surface area contributed by atoms with E-state index in [4.69, 9.17) is 0 Å². The normalized spacial score (nSPS) is 28.6. The minimum Gasteiger partial charge on any atom is -0.347 e. The number of hydrogen-bond donors (Lipinski definition) is 1. The molecular weight excluding hydrogens is 366 g/mol. The Labute approximate surface area is 166 Å². The van der Waals surface area contributed by atoms with Crippen LogP contribution in [-0.4, -0.2) is 91.3 Å². The summed E-state index contributed by atoms with van der Waals surface area (Å²) in [6.07, 6.45) is 2.85. The van der Waals surface area contributed by atoms with Gasteiger partial charge in [0.1, 0.15) is 0 Å². The standard InChI is InChI=1S/C20H34F2N4O2/c1-4-15(2)18(28)23-16-5-8-26(14-20(16,21)22)17(27)11-25-9-6-19(7-10-25)12-24(3)13-19/h15-16H,4-14H2,1-3H3,(H,23,28). The fourth-order valence-electron chi connectivity index (χ4n) is 4.72. The second-order valence-electron chi connectivity index (χ2n) is 9.18. The lowest BCUT2D eigenvalue weighted by Gasteiger charge is -2.53. The monoisotopic (exact) mass is 400 g/mol. The molecule has 2 amide bonds. The molecule has 8 heteroatoms. The molecule has 1 spiro atoms. The van der Waals surface area contributed by atoms with Crippen molar-refractivity contribution in [2.75, 3.05) is 52.9 Å². The van der Waals surface area contributed by atoms with Crippen molar-refractivity contribution in [1.29, 1.82) is 0 Å². The number of piperidine rings is 2. The first kappa shape index (κ1) is 21.4. The van der Waals surface area contributed by atoms with Crippen LogP contribution in [0.2, 0.25) is 0 Å². The highest BCUT2D eigenvalue weighted by atomic mass is 19.3. The highest BCUT2D eigenvalue weighted by Gasteiger charge is 2.47. The van der Waals surface area contributed by atoms with Gasteiger partial charge in [0.2, 0.25) is 11.8 Å². The molecule has 0 aromatic heterocycles. The number of nitrogens with one attached hydrogen (secondary N) is 1. The van der Waals surface area contributed by atoms with Crippen molar-refractivity contribution in [2.45, 2.75) is 51.5 Å². The molecule has 0 bridgehead atoms. The molecule has 0 aromatic carbocycles. The summed E-state index contributed by atoms with van der Waals surface area (Å²) in [4.78, 5) is 30.2. The van der Waals surface area contributed by atoms with Crippen LogP contribution in [-0.2, 0) is 9.59 Å². The van der Waals surface area contributed by atoms with Crippen molar-refractivity contribution in [3.63, 3.8) is 0 Å². The minimum atomic E-state index is -3.10. The summed E-state index contributed by atoms with van der Waals surface area (Å²) in [7, 11) is 2.12. The van der Waals surface area contributed by atoms with E-state index in [1.54, 1.807) is 6.92 Å². The van der Waals surface area contributed by atoms with E-state index in [2.05, 4.69) is 22.2 Å². The van der Waals surface area contributed by atoms with Gasteiger partial charge in [0.25, 0.3) is 5.92 Å². The third-order valence-electron chi connectivity index (χ3n) is 6.81. The van der Waals surface area contributed by atoms with Gasteiger partial charge in [-0.25, -0.2) is 8.78 Å². The number of carbonyl (C=O) groups excluding carboxylic acids is 2. The van der Waals surface area contributed by atoms with E-state index in [9.17, 15) is 18.4 Å². The Morgan fingerprint density at radius 2 is 1.79 bits per heavy atom. The smallest absolute Gasteiger partial charge is 0.285 e. The van der Waals surface area contributed by atoms with Gasteiger partial charge >= 0.3 is 0 Å². The highest BCUT2D eigenvalue weighted by molar-refractivity contribution is 5.79. The molecule has 160 valence electrons. The minimum absolute atomic E-state index is 0.0936. The SMILES string of the molecule is CCC(C)C(=O)NC1CCN(C(=O)CN2CCC3(CC2)CN(C)C3)CC1(F)F. The maximum atomic E-state index is 14.6. The summed E-state index contributed by atoms with van der Waals surface area (Å²) in [6.45, 7) is 7.42. The molecule has 2 unspecified atom stereocenters. The predicted octanol–water partition coefficient (Wildman–Crippen LogP) is 1.41. The molecule has 0 radical (unpaired) electrons. The Morgan fingerprint density at radius 1 is 1.14 bits per heavy atom. The third kappa shape index (κ3) is 4.64. The van der Waals surface area contributed by atoms with Gasteiger partial charge in [-0.3, -0.25) is 14.5 Å². The zero-order valence-corrected chi connectivity index (χ0v) is 17.3. The van der Waals surface area contributed by atoms with Crippen LogP contribution in [0.4, 0.5) is 8.78 Å². The molecule has 0 aliphatic carbocycles. The van der Waals surface area contributed by atoms with Crippen molar-refractivity contribution in [2.24, 2.45) is 11.3 Å². The maximum absolute atomic E-state index is 14.6. The zero-order chi connectivity index (χ0) is 20.5. The first-order valence-corrected chi connectivity index (χ1v) is 10.5. The molecule has 0 aromatic rings. The average molecular weight is 401 g/mol. The largest absolute Gasteiger partial charge is 0.347 e. The summed E-state index contributed by atoms with van der Waals surface area (Å²) in [5.74, 6) is -3.95. The number of nitrogens with zero attached hydrogens (tertiary/aromatic N) is 3. The van der Waals surface area contributed by atoms with Gasteiger partial charge in [-0.2, -0.15) is 0 Å². The van der Waals surface area contributed by atoms with Crippen LogP contribution in [0.3, 0.4) is 0 Å². The predicted molar refractivity (Wildman–Crippen MR) is 103 cm³/mol. The van der Waals surface area contributed by atoms with Crippen LogP contribution in [0.5, 0.6) is 0 Å². The molecule has 6 nitrogen and oxygen atoms in total. The van der Waals surface area contributed by atoms with Gasteiger partial charge in [-0.1, -0.05) is 13.8 Å². The molecule has 0 saturated carbocycles. The van der Waals surface area contributed by atoms with Crippen LogP contribution in [0.25, 0.3) is 0 Å². The number of rotatable bonds is 5. The van der Waals surface area contributed by atoms with Gasteiger partial charge in [0, 0.05) is 25.6 Å². The number of halogens is 2. The first-order chi connectivity index (χ1) is 13.1. The molecule has 1 N–H and O–H groups in total. The lowest BCUT2D eigenvalue weighted by molar-refractivity contribution is -0.149. The molecule has 3 heterocycles.